The van der Waals surface area contributed by atoms with Crippen molar-refractivity contribution in [2.75, 3.05) is 33.2 Å². The fourth-order valence-electron chi connectivity index (χ4n) is 2.11. The minimum Gasteiger partial charge on any atom is -0.493 e. The van der Waals surface area contributed by atoms with Gasteiger partial charge < -0.3 is 19.5 Å². The molecule has 0 fully saturated rings. The Labute approximate surface area is 95.5 Å². The lowest BCUT2D eigenvalue weighted by Crippen LogP contribution is -2.13. The van der Waals surface area contributed by atoms with Crippen LogP contribution in [-0.2, 0) is 6.42 Å². The van der Waals surface area contributed by atoms with Crippen LogP contribution in [0.15, 0.2) is 6.07 Å². The van der Waals surface area contributed by atoms with E-state index in [-0.39, 0.29) is 0 Å². The SMILES string of the molecule is COc1cc2c(c(OC)c1OC)CCCN2. The highest BCUT2D eigenvalue weighted by atomic mass is 16.5. The summed E-state index contributed by atoms with van der Waals surface area (Å²) in [4.78, 5) is 0. The molecule has 1 aromatic carbocycles. The molecule has 1 aromatic rings. The van der Waals surface area contributed by atoms with Crippen molar-refractivity contribution >= 4 is 5.69 Å². The number of hydrogen-bond acceptors (Lipinski definition) is 4. The lowest BCUT2D eigenvalue weighted by Gasteiger charge is -2.23. The Morgan fingerprint density at radius 3 is 2.44 bits per heavy atom. The number of anilines is 1. The van der Waals surface area contributed by atoms with Gasteiger partial charge in [-0.05, 0) is 12.8 Å². The van der Waals surface area contributed by atoms with Crippen molar-refractivity contribution in [2.45, 2.75) is 12.8 Å². The molecule has 1 aliphatic rings. The van der Waals surface area contributed by atoms with Gasteiger partial charge in [0.15, 0.2) is 11.5 Å². The number of methoxy groups -OCH3 is 3. The van der Waals surface area contributed by atoms with Crippen LogP contribution in [0.5, 0.6) is 17.2 Å². The van der Waals surface area contributed by atoms with Gasteiger partial charge in [-0.1, -0.05) is 0 Å². The van der Waals surface area contributed by atoms with Gasteiger partial charge in [-0.2, -0.15) is 0 Å². The van der Waals surface area contributed by atoms with Gasteiger partial charge in [0.25, 0.3) is 0 Å². The summed E-state index contributed by atoms with van der Waals surface area (Å²) >= 11 is 0. The zero-order valence-corrected chi connectivity index (χ0v) is 9.92. The predicted octanol–water partition coefficient (Wildman–Crippen LogP) is 2.07. The highest BCUT2D eigenvalue weighted by molar-refractivity contribution is 5.69. The molecule has 0 aromatic heterocycles. The van der Waals surface area contributed by atoms with Gasteiger partial charge in [-0.15, -0.1) is 0 Å². The van der Waals surface area contributed by atoms with Crippen LogP contribution >= 0.6 is 0 Å². The molecule has 0 amide bonds. The molecule has 4 nitrogen and oxygen atoms in total. The van der Waals surface area contributed by atoms with Crippen LogP contribution < -0.4 is 19.5 Å². The van der Waals surface area contributed by atoms with Crippen molar-refractivity contribution in [3.05, 3.63) is 11.6 Å². The van der Waals surface area contributed by atoms with E-state index in [1.807, 2.05) is 6.07 Å². The van der Waals surface area contributed by atoms with Crippen molar-refractivity contribution in [1.29, 1.82) is 0 Å². The Morgan fingerprint density at radius 2 is 1.81 bits per heavy atom. The van der Waals surface area contributed by atoms with Crippen LogP contribution in [0.25, 0.3) is 0 Å². The summed E-state index contributed by atoms with van der Waals surface area (Å²) in [5.74, 6) is 2.16. The standard InChI is InChI=1S/C12H17NO3/c1-14-10-7-9-8(5-4-6-13-9)11(15-2)12(10)16-3/h7,13H,4-6H2,1-3H3. The second kappa shape index (κ2) is 4.51. The number of fused-ring (bicyclic) bond motifs is 1. The largest absolute Gasteiger partial charge is 0.493 e. The quantitative estimate of drug-likeness (QED) is 0.851. The Morgan fingerprint density at radius 1 is 1.06 bits per heavy atom. The van der Waals surface area contributed by atoms with Crippen molar-refractivity contribution in [3.63, 3.8) is 0 Å². The third-order valence-corrected chi connectivity index (χ3v) is 2.85. The van der Waals surface area contributed by atoms with Gasteiger partial charge >= 0.3 is 0 Å². The first-order valence-electron chi connectivity index (χ1n) is 5.37. The molecule has 16 heavy (non-hydrogen) atoms. The van der Waals surface area contributed by atoms with E-state index >= 15 is 0 Å². The molecule has 1 N–H and O–H groups in total. The molecule has 0 radical (unpaired) electrons. The van der Waals surface area contributed by atoms with Crippen LogP contribution in [0, 0.1) is 0 Å². The number of ether oxygens (including phenoxy) is 3. The Bertz CT molecular complexity index is 376. The third kappa shape index (κ3) is 1.64. The highest BCUT2D eigenvalue weighted by Gasteiger charge is 2.21. The summed E-state index contributed by atoms with van der Waals surface area (Å²) in [6.45, 7) is 0.992. The second-order valence-electron chi connectivity index (χ2n) is 3.70. The fraction of sp³-hybridized carbons (Fsp3) is 0.500. The molecule has 0 saturated carbocycles. The van der Waals surface area contributed by atoms with Crippen LogP contribution in [0.4, 0.5) is 5.69 Å². The molecule has 1 aliphatic heterocycles. The van der Waals surface area contributed by atoms with E-state index in [9.17, 15) is 0 Å². The van der Waals surface area contributed by atoms with Crippen LogP contribution in [0.1, 0.15) is 12.0 Å². The molecule has 0 spiro atoms. The molecular formula is C12H17NO3. The van der Waals surface area contributed by atoms with Crippen LogP contribution in [0.2, 0.25) is 0 Å². The van der Waals surface area contributed by atoms with Gasteiger partial charge in [-0.25, -0.2) is 0 Å². The monoisotopic (exact) mass is 223 g/mol. The first-order chi connectivity index (χ1) is 7.81. The molecule has 1 heterocycles. The number of hydrogen-bond donors (Lipinski definition) is 1. The summed E-state index contributed by atoms with van der Waals surface area (Å²) < 4.78 is 16.1. The molecular weight excluding hydrogens is 206 g/mol. The fourth-order valence-corrected chi connectivity index (χ4v) is 2.11. The molecule has 88 valence electrons. The smallest absolute Gasteiger partial charge is 0.203 e. The van der Waals surface area contributed by atoms with Crippen molar-refractivity contribution in [1.82, 2.24) is 0 Å². The average Bonchev–Trinajstić information content (AvgIpc) is 2.36. The van der Waals surface area contributed by atoms with Crippen molar-refractivity contribution in [3.8, 4) is 17.2 Å². The minimum absolute atomic E-state index is 0.674. The summed E-state index contributed by atoms with van der Waals surface area (Å²) in [5.41, 5.74) is 2.26. The van der Waals surface area contributed by atoms with Crippen molar-refractivity contribution in [2.24, 2.45) is 0 Å². The van der Waals surface area contributed by atoms with Gasteiger partial charge in [0.05, 0.1) is 21.3 Å². The lowest BCUT2D eigenvalue weighted by molar-refractivity contribution is 0.322. The maximum atomic E-state index is 5.43. The molecule has 0 bridgehead atoms. The lowest BCUT2D eigenvalue weighted by atomic mass is 10.0. The average molecular weight is 223 g/mol. The minimum atomic E-state index is 0.674. The normalized spacial score (nSPS) is 13.7. The van der Waals surface area contributed by atoms with Crippen LogP contribution in [-0.4, -0.2) is 27.9 Å². The van der Waals surface area contributed by atoms with Crippen molar-refractivity contribution < 1.29 is 14.2 Å². The second-order valence-corrected chi connectivity index (χ2v) is 3.70. The number of benzene rings is 1. The van der Waals surface area contributed by atoms with E-state index < -0.39 is 0 Å². The topological polar surface area (TPSA) is 39.7 Å². The maximum Gasteiger partial charge on any atom is 0.203 e. The Hall–Kier alpha value is -1.58. The maximum absolute atomic E-state index is 5.43. The van der Waals surface area contributed by atoms with E-state index in [1.54, 1.807) is 21.3 Å². The Kier molecular flexibility index (Phi) is 3.08. The van der Waals surface area contributed by atoms with Gasteiger partial charge in [0.1, 0.15) is 0 Å². The number of nitrogens with one attached hydrogen (secondary N) is 1. The highest BCUT2D eigenvalue weighted by Crippen LogP contribution is 2.45. The molecule has 0 aliphatic carbocycles. The summed E-state index contributed by atoms with van der Waals surface area (Å²) in [7, 11) is 4.92. The zero-order chi connectivity index (χ0) is 11.5. The zero-order valence-electron chi connectivity index (χ0n) is 9.92. The summed E-state index contributed by atoms with van der Waals surface area (Å²) in [5, 5.41) is 3.35. The van der Waals surface area contributed by atoms with Gasteiger partial charge in [0, 0.05) is 23.9 Å². The van der Waals surface area contributed by atoms with E-state index in [0.29, 0.717) is 11.5 Å². The van der Waals surface area contributed by atoms with E-state index in [1.165, 1.54) is 5.56 Å². The number of rotatable bonds is 3. The molecule has 0 saturated heterocycles. The predicted molar refractivity (Wildman–Crippen MR) is 62.9 cm³/mol. The Balaban J connectivity index is 2.59. The third-order valence-electron chi connectivity index (χ3n) is 2.85. The molecule has 0 atom stereocenters. The molecule has 0 unspecified atom stereocenters. The van der Waals surface area contributed by atoms with E-state index in [2.05, 4.69) is 5.32 Å². The summed E-state index contributed by atoms with van der Waals surface area (Å²) in [6.07, 6.45) is 2.12. The van der Waals surface area contributed by atoms with Gasteiger partial charge in [-0.3, -0.25) is 0 Å². The first kappa shape index (κ1) is 10.9. The first-order valence-corrected chi connectivity index (χ1v) is 5.37. The van der Waals surface area contributed by atoms with E-state index in [4.69, 9.17) is 14.2 Å². The van der Waals surface area contributed by atoms with Crippen LogP contribution in [0.3, 0.4) is 0 Å². The van der Waals surface area contributed by atoms with Gasteiger partial charge in [0.2, 0.25) is 5.75 Å². The molecule has 4 heteroatoms. The molecule has 2 rings (SSSR count). The summed E-state index contributed by atoms with van der Waals surface area (Å²) in [6, 6.07) is 1.97. The van der Waals surface area contributed by atoms with E-state index in [0.717, 1.165) is 30.8 Å².